The lowest BCUT2D eigenvalue weighted by Gasteiger charge is -2.12. The van der Waals surface area contributed by atoms with Gasteiger partial charge in [0, 0.05) is 29.4 Å². The smallest absolute Gasteiger partial charge is 0.270 e. The molecular formula is C19H21N3O6. The number of carbonyl (C=O) groups excluding carboxylic acids is 1. The Labute approximate surface area is 162 Å². The van der Waals surface area contributed by atoms with Crippen LogP contribution in [0.3, 0.4) is 0 Å². The number of oxime groups is 1. The van der Waals surface area contributed by atoms with Crippen molar-refractivity contribution in [2.24, 2.45) is 5.16 Å². The van der Waals surface area contributed by atoms with Gasteiger partial charge in [0.15, 0.2) is 18.1 Å². The largest absolute Gasteiger partial charge is 0.490 e. The quantitative estimate of drug-likeness (QED) is 0.380. The number of non-ortho nitro benzene ring substituents is 1. The van der Waals surface area contributed by atoms with Crippen LogP contribution in [0.25, 0.3) is 0 Å². The summed E-state index contributed by atoms with van der Waals surface area (Å²) in [7, 11) is 0. The highest BCUT2D eigenvalue weighted by molar-refractivity contribution is 5.92. The van der Waals surface area contributed by atoms with E-state index in [4.69, 9.17) is 14.3 Å². The number of amides is 1. The van der Waals surface area contributed by atoms with Crippen molar-refractivity contribution in [3.63, 3.8) is 0 Å². The van der Waals surface area contributed by atoms with Crippen molar-refractivity contribution in [1.29, 1.82) is 0 Å². The SMILES string of the molecule is CCOc1ccc(NC(=O)CO/N=C\c2cccc([N+](=O)[O-])c2)cc1OCC. The first-order valence-electron chi connectivity index (χ1n) is 8.62. The first-order chi connectivity index (χ1) is 13.5. The average molecular weight is 387 g/mol. The highest BCUT2D eigenvalue weighted by Gasteiger charge is 2.09. The number of anilines is 1. The van der Waals surface area contributed by atoms with Gasteiger partial charge in [-0.3, -0.25) is 14.9 Å². The Morgan fingerprint density at radius 2 is 1.89 bits per heavy atom. The van der Waals surface area contributed by atoms with Gasteiger partial charge in [0.25, 0.3) is 11.6 Å². The zero-order valence-electron chi connectivity index (χ0n) is 15.6. The summed E-state index contributed by atoms with van der Waals surface area (Å²) in [5.74, 6) is 0.717. The van der Waals surface area contributed by atoms with E-state index >= 15 is 0 Å². The molecule has 1 N–H and O–H groups in total. The third-order valence-corrected chi connectivity index (χ3v) is 3.38. The molecule has 0 atom stereocenters. The minimum atomic E-state index is -0.501. The van der Waals surface area contributed by atoms with Gasteiger partial charge in [-0.25, -0.2) is 0 Å². The van der Waals surface area contributed by atoms with E-state index in [0.29, 0.717) is 36.0 Å². The van der Waals surface area contributed by atoms with Crippen LogP contribution in [-0.2, 0) is 9.63 Å². The number of nitro benzene ring substituents is 1. The summed E-state index contributed by atoms with van der Waals surface area (Å²) in [5.41, 5.74) is 0.966. The molecule has 0 aromatic heterocycles. The molecule has 1 amide bonds. The Kier molecular flexibility index (Phi) is 7.77. The van der Waals surface area contributed by atoms with Gasteiger partial charge < -0.3 is 19.6 Å². The van der Waals surface area contributed by atoms with Gasteiger partial charge in [-0.15, -0.1) is 0 Å². The van der Waals surface area contributed by atoms with Crippen LogP contribution in [0.1, 0.15) is 19.4 Å². The standard InChI is InChI=1S/C19H21N3O6/c1-3-26-17-9-8-15(11-18(17)27-4-2)21-19(23)13-28-20-12-14-6-5-7-16(10-14)22(24)25/h5-12H,3-4,13H2,1-2H3,(H,21,23)/b20-12-. The summed E-state index contributed by atoms with van der Waals surface area (Å²) in [6, 6.07) is 11.0. The van der Waals surface area contributed by atoms with E-state index in [2.05, 4.69) is 10.5 Å². The zero-order chi connectivity index (χ0) is 20.4. The van der Waals surface area contributed by atoms with E-state index in [9.17, 15) is 14.9 Å². The van der Waals surface area contributed by atoms with E-state index < -0.39 is 10.8 Å². The molecule has 2 aromatic carbocycles. The number of benzene rings is 2. The third kappa shape index (κ3) is 6.27. The Hall–Kier alpha value is -3.62. The number of carbonyl (C=O) groups is 1. The van der Waals surface area contributed by atoms with Crippen LogP contribution in [0.15, 0.2) is 47.6 Å². The zero-order valence-corrected chi connectivity index (χ0v) is 15.6. The van der Waals surface area contributed by atoms with Crippen molar-refractivity contribution in [2.75, 3.05) is 25.1 Å². The molecule has 0 spiro atoms. The normalized spacial score (nSPS) is 10.5. The number of nitro groups is 1. The predicted molar refractivity (Wildman–Crippen MR) is 104 cm³/mol. The number of hydrogen-bond acceptors (Lipinski definition) is 7. The fraction of sp³-hybridized carbons (Fsp3) is 0.263. The number of rotatable bonds is 10. The fourth-order valence-corrected chi connectivity index (χ4v) is 2.24. The lowest BCUT2D eigenvalue weighted by molar-refractivity contribution is -0.384. The Balaban J connectivity index is 1.89. The third-order valence-electron chi connectivity index (χ3n) is 3.38. The lowest BCUT2D eigenvalue weighted by atomic mass is 10.2. The number of ether oxygens (including phenoxy) is 2. The molecule has 0 unspecified atom stereocenters. The van der Waals surface area contributed by atoms with Crippen molar-refractivity contribution >= 4 is 23.5 Å². The fourth-order valence-electron chi connectivity index (χ4n) is 2.24. The van der Waals surface area contributed by atoms with Gasteiger partial charge in [-0.2, -0.15) is 0 Å². The molecule has 148 valence electrons. The van der Waals surface area contributed by atoms with Crippen LogP contribution in [0.4, 0.5) is 11.4 Å². The minimum absolute atomic E-state index is 0.0534. The van der Waals surface area contributed by atoms with Crippen molar-refractivity contribution in [1.82, 2.24) is 0 Å². The average Bonchev–Trinajstić information content (AvgIpc) is 2.68. The van der Waals surface area contributed by atoms with Crippen LogP contribution in [-0.4, -0.2) is 36.9 Å². The highest BCUT2D eigenvalue weighted by Crippen LogP contribution is 2.30. The van der Waals surface area contributed by atoms with Crippen molar-refractivity contribution in [2.45, 2.75) is 13.8 Å². The van der Waals surface area contributed by atoms with Gasteiger partial charge in [0.2, 0.25) is 0 Å². The topological polar surface area (TPSA) is 112 Å². The molecule has 0 aliphatic carbocycles. The first kappa shape index (κ1) is 20.7. The van der Waals surface area contributed by atoms with Gasteiger partial charge >= 0.3 is 0 Å². The summed E-state index contributed by atoms with van der Waals surface area (Å²) >= 11 is 0. The molecular weight excluding hydrogens is 366 g/mol. The van der Waals surface area contributed by atoms with Crippen LogP contribution in [0.5, 0.6) is 11.5 Å². The molecule has 9 nitrogen and oxygen atoms in total. The Bertz CT molecular complexity index is 853. The first-order valence-corrected chi connectivity index (χ1v) is 8.62. The second-order valence-corrected chi connectivity index (χ2v) is 5.44. The molecule has 0 heterocycles. The Morgan fingerprint density at radius 1 is 1.14 bits per heavy atom. The number of nitrogens with one attached hydrogen (secondary N) is 1. The number of nitrogens with zero attached hydrogens (tertiary/aromatic N) is 2. The van der Waals surface area contributed by atoms with E-state index in [1.165, 1.54) is 24.4 Å². The summed E-state index contributed by atoms with van der Waals surface area (Å²) in [6.07, 6.45) is 1.30. The maximum absolute atomic E-state index is 12.0. The lowest BCUT2D eigenvalue weighted by Crippen LogP contribution is -2.17. The second kappa shape index (κ2) is 10.5. The minimum Gasteiger partial charge on any atom is -0.490 e. The maximum atomic E-state index is 12.0. The van der Waals surface area contributed by atoms with Gasteiger partial charge in [-0.05, 0) is 26.0 Å². The molecule has 0 radical (unpaired) electrons. The van der Waals surface area contributed by atoms with E-state index in [-0.39, 0.29) is 12.3 Å². The summed E-state index contributed by atoms with van der Waals surface area (Å²) < 4.78 is 11.0. The van der Waals surface area contributed by atoms with E-state index in [1.807, 2.05) is 13.8 Å². The van der Waals surface area contributed by atoms with Crippen molar-refractivity contribution in [3.8, 4) is 11.5 Å². The summed E-state index contributed by atoms with van der Waals surface area (Å²) in [4.78, 5) is 27.1. The maximum Gasteiger partial charge on any atom is 0.270 e. The molecule has 2 aromatic rings. The highest BCUT2D eigenvalue weighted by atomic mass is 16.6. The van der Waals surface area contributed by atoms with E-state index in [0.717, 1.165) is 0 Å². The molecule has 28 heavy (non-hydrogen) atoms. The van der Waals surface area contributed by atoms with E-state index in [1.54, 1.807) is 24.3 Å². The van der Waals surface area contributed by atoms with Gasteiger partial charge in [0.05, 0.1) is 24.4 Å². The van der Waals surface area contributed by atoms with Gasteiger partial charge in [-0.1, -0.05) is 17.3 Å². The Morgan fingerprint density at radius 3 is 2.61 bits per heavy atom. The molecule has 0 saturated carbocycles. The summed E-state index contributed by atoms with van der Waals surface area (Å²) in [5, 5.41) is 17.1. The molecule has 9 heteroatoms. The summed E-state index contributed by atoms with van der Waals surface area (Å²) in [6.45, 7) is 4.38. The van der Waals surface area contributed by atoms with Crippen molar-refractivity contribution < 1.29 is 24.0 Å². The molecule has 0 saturated heterocycles. The molecule has 0 aliphatic heterocycles. The molecule has 0 aliphatic rings. The monoisotopic (exact) mass is 387 g/mol. The number of hydrogen-bond donors (Lipinski definition) is 1. The molecule has 2 rings (SSSR count). The van der Waals surface area contributed by atoms with Crippen LogP contribution < -0.4 is 14.8 Å². The molecule has 0 bridgehead atoms. The second-order valence-electron chi connectivity index (χ2n) is 5.44. The van der Waals surface area contributed by atoms with Crippen molar-refractivity contribution in [3.05, 3.63) is 58.1 Å². The van der Waals surface area contributed by atoms with Crippen LogP contribution >= 0.6 is 0 Å². The van der Waals surface area contributed by atoms with Crippen LogP contribution in [0, 0.1) is 10.1 Å². The van der Waals surface area contributed by atoms with Crippen LogP contribution in [0.2, 0.25) is 0 Å². The molecule has 0 fully saturated rings. The van der Waals surface area contributed by atoms with Gasteiger partial charge in [0.1, 0.15) is 0 Å². The predicted octanol–water partition coefficient (Wildman–Crippen LogP) is 3.38.